The van der Waals surface area contributed by atoms with E-state index in [2.05, 4.69) is 5.32 Å². The first kappa shape index (κ1) is 21.2. The van der Waals surface area contributed by atoms with E-state index >= 15 is 0 Å². The van der Waals surface area contributed by atoms with Crippen molar-refractivity contribution in [3.63, 3.8) is 0 Å². The molecule has 0 saturated carbocycles. The summed E-state index contributed by atoms with van der Waals surface area (Å²) in [4.78, 5) is 35.7. The average molecular weight is 463 g/mol. The van der Waals surface area contributed by atoms with Crippen LogP contribution in [-0.4, -0.2) is 34.8 Å². The van der Waals surface area contributed by atoms with Gasteiger partial charge in [0, 0.05) is 0 Å². The van der Waals surface area contributed by atoms with Crippen molar-refractivity contribution in [1.29, 1.82) is 0 Å². The largest absolute Gasteiger partial charge is 0.452 e. The average Bonchev–Trinajstić information content (AvgIpc) is 2.58. The van der Waals surface area contributed by atoms with E-state index in [1.807, 2.05) is 52.9 Å². The zero-order valence-electron chi connectivity index (χ0n) is 14.4. The molecule has 0 fully saturated rings. The van der Waals surface area contributed by atoms with Gasteiger partial charge in [0.1, 0.15) is 17.3 Å². The normalized spacial score (nSPS) is 12.8. The minimum Gasteiger partial charge on any atom is -0.452 e. The van der Waals surface area contributed by atoms with Crippen LogP contribution in [0.3, 0.4) is 0 Å². The second-order valence-electron chi connectivity index (χ2n) is 5.58. The summed E-state index contributed by atoms with van der Waals surface area (Å²) in [6.07, 6.45) is -1.78. The molecule has 0 aromatic heterocycles. The van der Waals surface area contributed by atoms with E-state index in [1.54, 1.807) is 13.8 Å². The Bertz CT molecular complexity index is 578. The van der Waals surface area contributed by atoms with Gasteiger partial charge in [-0.25, -0.2) is 14.4 Å². The van der Waals surface area contributed by atoms with Gasteiger partial charge in [-0.15, -0.1) is 0 Å². The smallest absolute Gasteiger partial charge is 0.408 e. The van der Waals surface area contributed by atoms with Gasteiger partial charge < -0.3 is 19.5 Å². The van der Waals surface area contributed by atoms with Crippen molar-refractivity contribution in [3.05, 3.63) is 35.9 Å². The summed E-state index contributed by atoms with van der Waals surface area (Å²) in [6, 6.07) is 8.24. The highest BCUT2D eigenvalue weighted by atomic mass is 127. The van der Waals surface area contributed by atoms with Gasteiger partial charge in [0.2, 0.25) is 0 Å². The molecule has 0 bridgehead atoms. The number of benzene rings is 1. The summed E-state index contributed by atoms with van der Waals surface area (Å²) < 4.78 is 15.1. The summed E-state index contributed by atoms with van der Waals surface area (Å²) in [5.74, 6) is -1.61. The van der Waals surface area contributed by atoms with Gasteiger partial charge >= 0.3 is 18.0 Å². The molecule has 1 aromatic carbocycles. The topological polar surface area (TPSA) is 90.9 Å². The lowest BCUT2D eigenvalue weighted by Crippen LogP contribution is -2.47. The quantitative estimate of drug-likeness (QED) is 0.276. The molecule has 0 spiro atoms. The summed E-state index contributed by atoms with van der Waals surface area (Å²) in [5, 5.41) is 2.47. The molecule has 138 valence electrons. The van der Waals surface area contributed by atoms with E-state index in [0.717, 1.165) is 5.56 Å². The predicted octanol–water partition coefficient (Wildman–Crippen LogP) is 2.80. The van der Waals surface area contributed by atoms with Crippen LogP contribution in [0.25, 0.3) is 0 Å². The standard InChI is InChI=1S/C17H22INO6/c1-11(2)14(16(21)25-12(3)15(20)24-10-18)19-17(22)23-9-13-7-5-4-6-8-13/h4-8,11-12,14H,9-10H2,1-3H3,(H,19,22)/t12?,14-/m0/s1. The van der Waals surface area contributed by atoms with E-state index in [0.29, 0.717) is 0 Å². The van der Waals surface area contributed by atoms with Crippen LogP contribution in [0, 0.1) is 5.92 Å². The van der Waals surface area contributed by atoms with Gasteiger partial charge in [-0.3, -0.25) is 0 Å². The molecule has 0 saturated heterocycles. The van der Waals surface area contributed by atoms with Crippen LogP contribution in [0.2, 0.25) is 0 Å². The third-order valence-electron chi connectivity index (χ3n) is 3.23. The van der Waals surface area contributed by atoms with Crippen LogP contribution < -0.4 is 5.32 Å². The second kappa shape index (κ2) is 10.9. The molecular formula is C17H22INO6. The first-order chi connectivity index (χ1) is 11.8. The number of hydrogen-bond donors (Lipinski definition) is 1. The van der Waals surface area contributed by atoms with Crippen LogP contribution in [0.1, 0.15) is 26.3 Å². The van der Waals surface area contributed by atoms with Crippen molar-refractivity contribution in [1.82, 2.24) is 5.32 Å². The first-order valence-electron chi connectivity index (χ1n) is 7.75. The minimum absolute atomic E-state index is 0.0882. The molecule has 0 heterocycles. The van der Waals surface area contributed by atoms with Gasteiger partial charge in [-0.1, -0.05) is 44.2 Å². The maximum Gasteiger partial charge on any atom is 0.408 e. The molecular weight excluding hydrogens is 441 g/mol. The highest BCUT2D eigenvalue weighted by Gasteiger charge is 2.29. The molecule has 1 amide bonds. The predicted molar refractivity (Wildman–Crippen MR) is 98.9 cm³/mol. The molecule has 7 nitrogen and oxygen atoms in total. The lowest BCUT2D eigenvalue weighted by molar-refractivity contribution is -0.166. The van der Waals surface area contributed by atoms with E-state index in [4.69, 9.17) is 14.2 Å². The fraction of sp³-hybridized carbons (Fsp3) is 0.471. The Morgan fingerprint density at radius 1 is 1.04 bits per heavy atom. The lowest BCUT2D eigenvalue weighted by Gasteiger charge is -2.22. The molecule has 1 rings (SSSR count). The Labute approximate surface area is 160 Å². The summed E-state index contributed by atoms with van der Waals surface area (Å²) in [6.45, 7) is 5.00. The fourth-order valence-electron chi connectivity index (χ4n) is 1.86. The maximum atomic E-state index is 12.2. The third kappa shape index (κ3) is 7.72. The van der Waals surface area contributed by atoms with E-state index in [9.17, 15) is 14.4 Å². The number of carbonyl (C=O) groups excluding carboxylic acids is 3. The van der Waals surface area contributed by atoms with Crippen LogP contribution in [0.4, 0.5) is 4.79 Å². The summed E-state index contributed by atoms with van der Waals surface area (Å²) >= 11 is 1.87. The number of hydrogen-bond acceptors (Lipinski definition) is 6. The molecule has 1 N–H and O–H groups in total. The zero-order chi connectivity index (χ0) is 18.8. The molecule has 0 aliphatic rings. The summed E-state index contributed by atoms with van der Waals surface area (Å²) in [5.41, 5.74) is 0.830. The summed E-state index contributed by atoms with van der Waals surface area (Å²) in [7, 11) is 0. The Morgan fingerprint density at radius 3 is 2.24 bits per heavy atom. The highest BCUT2D eigenvalue weighted by Crippen LogP contribution is 2.08. The number of alkyl halides is 1. The Kier molecular flexibility index (Phi) is 9.25. The van der Waals surface area contributed by atoms with E-state index in [1.165, 1.54) is 6.92 Å². The van der Waals surface area contributed by atoms with Crippen LogP contribution in [0.15, 0.2) is 30.3 Å². The Morgan fingerprint density at radius 2 is 1.68 bits per heavy atom. The number of esters is 2. The zero-order valence-corrected chi connectivity index (χ0v) is 16.5. The van der Waals surface area contributed by atoms with Gasteiger partial charge in [-0.2, -0.15) is 0 Å². The highest BCUT2D eigenvalue weighted by molar-refractivity contribution is 14.1. The monoisotopic (exact) mass is 463 g/mol. The van der Waals surface area contributed by atoms with Gasteiger partial charge in [0.25, 0.3) is 0 Å². The number of carbonyl (C=O) groups is 3. The second-order valence-corrected chi connectivity index (χ2v) is 6.20. The first-order valence-corrected chi connectivity index (χ1v) is 9.28. The molecule has 0 radical (unpaired) electrons. The van der Waals surface area contributed by atoms with Gasteiger partial charge in [0.05, 0.1) is 0 Å². The number of amides is 1. The molecule has 1 unspecified atom stereocenters. The molecule has 0 aliphatic carbocycles. The number of halogens is 1. The van der Waals surface area contributed by atoms with Crippen LogP contribution >= 0.6 is 22.6 Å². The van der Waals surface area contributed by atoms with E-state index in [-0.39, 0.29) is 17.1 Å². The number of rotatable bonds is 8. The fourth-order valence-corrected chi connectivity index (χ4v) is 2.16. The number of ether oxygens (including phenoxy) is 3. The van der Waals surface area contributed by atoms with Crippen molar-refractivity contribution < 1.29 is 28.6 Å². The van der Waals surface area contributed by atoms with Gasteiger partial charge in [-0.05, 0) is 41.0 Å². The Hall–Kier alpha value is -1.84. The maximum absolute atomic E-state index is 12.2. The van der Waals surface area contributed by atoms with E-state index < -0.39 is 30.2 Å². The molecule has 1 aromatic rings. The van der Waals surface area contributed by atoms with Gasteiger partial charge in [0.15, 0.2) is 6.10 Å². The van der Waals surface area contributed by atoms with Crippen molar-refractivity contribution >= 4 is 40.6 Å². The molecule has 25 heavy (non-hydrogen) atoms. The molecule has 8 heteroatoms. The minimum atomic E-state index is -1.05. The van der Waals surface area contributed by atoms with Crippen LogP contribution in [-0.2, 0) is 30.4 Å². The third-order valence-corrected chi connectivity index (χ3v) is 3.54. The number of alkyl carbamates (subject to hydrolysis) is 1. The lowest BCUT2D eigenvalue weighted by atomic mass is 10.1. The number of nitrogens with one attached hydrogen (secondary N) is 1. The molecule has 0 aliphatic heterocycles. The Balaban J connectivity index is 2.56. The molecule has 2 atom stereocenters. The SMILES string of the molecule is CC(OC(=O)[C@@H](NC(=O)OCc1ccccc1)C(C)C)C(=O)OCI. The van der Waals surface area contributed by atoms with Crippen molar-refractivity contribution in [2.75, 3.05) is 4.61 Å². The van der Waals surface area contributed by atoms with Crippen molar-refractivity contribution in [2.45, 2.75) is 39.5 Å². The van der Waals surface area contributed by atoms with Crippen molar-refractivity contribution in [3.8, 4) is 0 Å². The van der Waals surface area contributed by atoms with Crippen molar-refractivity contribution in [2.24, 2.45) is 5.92 Å². The van der Waals surface area contributed by atoms with Crippen LogP contribution in [0.5, 0.6) is 0 Å².